The lowest BCUT2D eigenvalue weighted by Gasteiger charge is -2.09. The van der Waals surface area contributed by atoms with Gasteiger partial charge in [-0.2, -0.15) is 0 Å². The number of hydrogen-bond donors (Lipinski definition) is 2. The van der Waals surface area contributed by atoms with Gasteiger partial charge in [-0.3, -0.25) is 0 Å². The van der Waals surface area contributed by atoms with Gasteiger partial charge in [-0.1, -0.05) is 0 Å². The van der Waals surface area contributed by atoms with Crippen LogP contribution in [0.15, 0.2) is 24.3 Å². The van der Waals surface area contributed by atoms with E-state index in [4.69, 9.17) is 20.3 Å². The van der Waals surface area contributed by atoms with Crippen LogP contribution in [-0.2, 0) is 4.57 Å². The number of benzene rings is 1. The summed E-state index contributed by atoms with van der Waals surface area (Å²) in [6.45, 7) is 0. The van der Waals surface area contributed by atoms with Gasteiger partial charge in [0, 0.05) is 0 Å². The maximum Gasteiger partial charge on any atom is 0.385 e. The molecule has 5 nitrogen and oxygen atoms in total. The lowest BCUT2D eigenvalue weighted by molar-refractivity contribution is 0.413. The summed E-state index contributed by atoms with van der Waals surface area (Å²) in [5.74, 6) is 1.03. The molecule has 0 bridgehead atoms. The second-order valence-electron chi connectivity index (χ2n) is 2.41. The summed E-state index contributed by atoms with van der Waals surface area (Å²) < 4.78 is 20.5. The lowest BCUT2D eigenvalue weighted by Crippen LogP contribution is -2.10. The van der Waals surface area contributed by atoms with Gasteiger partial charge in [-0.05, 0) is 24.3 Å². The molecule has 0 aromatic heterocycles. The molecule has 6 heteroatoms. The first-order valence-electron chi connectivity index (χ1n) is 3.52. The molecule has 0 saturated carbocycles. The molecule has 1 aromatic rings. The molecule has 0 fully saturated rings. The van der Waals surface area contributed by atoms with Crippen molar-refractivity contribution in [2.75, 3.05) is 7.11 Å². The zero-order chi connectivity index (χ0) is 9.90. The minimum atomic E-state index is -3.45. The second-order valence-corrected chi connectivity index (χ2v) is 3.89. The van der Waals surface area contributed by atoms with Crippen molar-refractivity contribution < 1.29 is 13.8 Å². The normalized spacial score (nSPS) is 11.0. The van der Waals surface area contributed by atoms with Crippen molar-refractivity contribution in [2.24, 2.45) is 11.0 Å². The molecule has 0 saturated heterocycles. The van der Waals surface area contributed by atoms with Crippen LogP contribution in [0.1, 0.15) is 0 Å². The Morgan fingerprint density at radius 2 is 1.62 bits per heavy atom. The van der Waals surface area contributed by atoms with E-state index in [-0.39, 0.29) is 0 Å². The highest BCUT2D eigenvalue weighted by Crippen LogP contribution is 2.30. The van der Waals surface area contributed by atoms with Crippen LogP contribution in [0.4, 0.5) is 0 Å². The van der Waals surface area contributed by atoms with Crippen LogP contribution >= 0.6 is 7.67 Å². The quantitative estimate of drug-likeness (QED) is 0.716. The number of rotatable bonds is 3. The van der Waals surface area contributed by atoms with E-state index in [1.807, 2.05) is 0 Å². The van der Waals surface area contributed by atoms with Crippen LogP contribution in [0.2, 0.25) is 0 Å². The van der Waals surface area contributed by atoms with Crippen molar-refractivity contribution in [3.05, 3.63) is 24.3 Å². The summed E-state index contributed by atoms with van der Waals surface area (Å²) in [7, 11) is -1.90. The van der Waals surface area contributed by atoms with Gasteiger partial charge >= 0.3 is 7.67 Å². The molecule has 4 N–H and O–H groups in total. The molecule has 0 atom stereocenters. The summed E-state index contributed by atoms with van der Waals surface area (Å²) in [6, 6.07) is 6.46. The maximum absolute atomic E-state index is 10.8. The average molecular weight is 202 g/mol. The molecule has 1 aromatic carbocycles. The Morgan fingerprint density at radius 1 is 1.15 bits per heavy atom. The third kappa shape index (κ3) is 3.46. The summed E-state index contributed by atoms with van der Waals surface area (Å²) in [4.78, 5) is 0. The minimum absolute atomic E-state index is 0.356. The van der Waals surface area contributed by atoms with E-state index < -0.39 is 7.67 Å². The van der Waals surface area contributed by atoms with Crippen molar-refractivity contribution in [3.8, 4) is 11.5 Å². The first-order valence-corrected chi connectivity index (χ1v) is 5.28. The Bertz CT molecular complexity index is 319. The van der Waals surface area contributed by atoms with E-state index >= 15 is 0 Å². The Morgan fingerprint density at radius 3 is 2.00 bits per heavy atom. The fraction of sp³-hybridized carbons (Fsp3) is 0.143. The Kier molecular flexibility index (Phi) is 2.93. The zero-order valence-corrected chi connectivity index (χ0v) is 8.03. The molecule has 13 heavy (non-hydrogen) atoms. The summed E-state index contributed by atoms with van der Waals surface area (Å²) in [6.07, 6.45) is 0. The largest absolute Gasteiger partial charge is 0.497 e. The molecular weight excluding hydrogens is 191 g/mol. The molecule has 72 valence electrons. The van der Waals surface area contributed by atoms with E-state index in [0.29, 0.717) is 11.5 Å². The molecule has 0 radical (unpaired) electrons. The van der Waals surface area contributed by atoms with Gasteiger partial charge in [0.05, 0.1) is 7.11 Å². The van der Waals surface area contributed by atoms with Crippen molar-refractivity contribution in [1.82, 2.24) is 0 Å². The summed E-state index contributed by atoms with van der Waals surface area (Å²) in [5.41, 5.74) is 10.0. The predicted octanol–water partition coefficient (Wildman–Crippen LogP) is 1.10. The molecule has 0 unspecified atom stereocenters. The highest BCUT2D eigenvalue weighted by atomic mass is 31.2. The van der Waals surface area contributed by atoms with Gasteiger partial charge in [0.15, 0.2) is 0 Å². The Balaban J connectivity index is 2.76. The first-order chi connectivity index (χ1) is 6.01. The fourth-order valence-corrected chi connectivity index (χ4v) is 1.25. The highest BCUT2D eigenvalue weighted by Gasteiger charge is 2.09. The standard InChI is InChI=1S/C7H11N2O3P/c1-11-6-2-4-7(5-3-6)12-13(8,9)10/h2-5H,1H3,(H4,8,9,10). The van der Waals surface area contributed by atoms with Crippen molar-refractivity contribution >= 4 is 7.67 Å². The number of hydrogen-bond acceptors (Lipinski definition) is 3. The van der Waals surface area contributed by atoms with Gasteiger partial charge in [0.2, 0.25) is 0 Å². The molecule has 1 rings (SSSR count). The second kappa shape index (κ2) is 3.79. The Hall–Kier alpha value is -1.03. The van der Waals surface area contributed by atoms with Gasteiger partial charge in [-0.15, -0.1) is 0 Å². The topological polar surface area (TPSA) is 87.6 Å². The predicted molar refractivity (Wildman–Crippen MR) is 49.6 cm³/mol. The van der Waals surface area contributed by atoms with E-state index in [0.717, 1.165) is 0 Å². The van der Waals surface area contributed by atoms with Gasteiger partial charge in [0.1, 0.15) is 11.5 Å². The van der Waals surface area contributed by atoms with Crippen molar-refractivity contribution in [3.63, 3.8) is 0 Å². The molecule has 0 spiro atoms. The number of ether oxygens (including phenoxy) is 1. The first kappa shape index (κ1) is 10.1. The van der Waals surface area contributed by atoms with E-state index in [2.05, 4.69) is 0 Å². The van der Waals surface area contributed by atoms with Crippen LogP contribution in [0.25, 0.3) is 0 Å². The van der Waals surface area contributed by atoms with Gasteiger partial charge in [0.25, 0.3) is 0 Å². The fourth-order valence-electron chi connectivity index (χ4n) is 0.801. The number of methoxy groups -OCH3 is 1. The third-order valence-corrected chi connectivity index (χ3v) is 1.80. The maximum atomic E-state index is 10.8. The zero-order valence-electron chi connectivity index (χ0n) is 7.14. The van der Waals surface area contributed by atoms with Crippen LogP contribution in [-0.4, -0.2) is 7.11 Å². The van der Waals surface area contributed by atoms with E-state index in [1.165, 1.54) is 0 Å². The van der Waals surface area contributed by atoms with Crippen LogP contribution in [0, 0.1) is 0 Å². The smallest absolute Gasteiger partial charge is 0.385 e. The lowest BCUT2D eigenvalue weighted by atomic mass is 10.3. The summed E-state index contributed by atoms with van der Waals surface area (Å²) >= 11 is 0. The summed E-state index contributed by atoms with van der Waals surface area (Å²) in [5, 5.41) is 0. The van der Waals surface area contributed by atoms with Crippen LogP contribution in [0.3, 0.4) is 0 Å². The number of nitrogens with two attached hydrogens (primary N) is 2. The van der Waals surface area contributed by atoms with Crippen molar-refractivity contribution in [1.29, 1.82) is 0 Å². The van der Waals surface area contributed by atoms with Gasteiger partial charge < -0.3 is 9.26 Å². The molecular formula is C7H11N2O3P. The molecule has 0 aliphatic rings. The Labute approximate surface area is 76.2 Å². The van der Waals surface area contributed by atoms with Crippen LogP contribution in [0.5, 0.6) is 11.5 Å². The molecule has 0 heterocycles. The van der Waals surface area contributed by atoms with E-state index in [1.54, 1.807) is 31.4 Å². The van der Waals surface area contributed by atoms with Crippen molar-refractivity contribution in [2.45, 2.75) is 0 Å². The highest BCUT2D eigenvalue weighted by molar-refractivity contribution is 7.54. The van der Waals surface area contributed by atoms with E-state index in [9.17, 15) is 4.57 Å². The average Bonchev–Trinajstić information content (AvgIpc) is 2.03. The SMILES string of the molecule is COc1ccc(OP(N)(N)=O)cc1. The van der Waals surface area contributed by atoms with Crippen LogP contribution < -0.4 is 20.3 Å². The third-order valence-electron chi connectivity index (χ3n) is 1.31. The monoisotopic (exact) mass is 202 g/mol. The molecule has 0 aliphatic carbocycles. The molecule has 0 aliphatic heterocycles. The minimum Gasteiger partial charge on any atom is -0.497 e. The molecule has 0 amide bonds. The van der Waals surface area contributed by atoms with Gasteiger partial charge in [-0.25, -0.2) is 15.6 Å².